The maximum atomic E-state index is 12.7. The van der Waals surface area contributed by atoms with Gasteiger partial charge in [-0.15, -0.1) is 0 Å². The quantitative estimate of drug-likeness (QED) is 0.644. The molecule has 0 saturated carbocycles. The zero-order valence-corrected chi connectivity index (χ0v) is 17.4. The van der Waals surface area contributed by atoms with Crippen molar-refractivity contribution >= 4 is 17.4 Å². The van der Waals surface area contributed by atoms with Gasteiger partial charge < -0.3 is 15.0 Å². The van der Waals surface area contributed by atoms with E-state index in [1.165, 1.54) is 5.56 Å². The van der Waals surface area contributed by atoms with Gasteiger partial charge in [-0.1, -0.05) is 17.7 Å². The first-order valence-corrected chi connectivity index (χ1v) is 10.4. The molecule has 3 aromatic rings. The number of carbonyl (C=O) groups excluding carboxylic acids is 1. The number of amides is 1. The summed E-state index contributed by atoms with van der Waals surface area (Å²) in [7, 11) is 0. The number of aromatic nitrogens is 1. The van der Waals surface area contributed by atoms with Crippen LogP contribution in [0.4, 0.5) is 11.5 Å². The second kappa shape index (κ2) is 9.31. The Morgan fingerprint density at radius 1 is 1.03 bits per heavy atom. The second-order valence-corrected chi connectivity index (χ2v) is 7.71. The van der Waals surface area contributed by atoms with Gasteiger partial charge in [-0.2, -0.15) is 5.26 Å². The summed E-state index contributed by atoms with van der Waals surface area (Å²) >= 11 is 0. The summed E-state index contributed by atoms with van der Waals surface area (Å²) in [5.74, 6) is 2.37. The molecule has 0 unspecified atom stereocenters. The van der Waals surface area contributed by atoms with Crippen molar-refractivity contribution in [3.8, 4) is 17.6 Å². The highest BCUT2D eigenvalue weighted by molar-refractivity contribution is 5.92. The van der Waals surface area contributed by atoms with Crippen LogP contribution in [0.15, 0.2) is 66.9 Å². The first kappa shape index (κ1) is 20.4. The first-order chi connectivity index (χ1) is 15.1. The van der Waals surface area contributed by atoms with E-state index in [9.17, 15) is 4.79 Å². The monoisotopic (exact) mass is 412 g/mol. The van der Waals surface area contributed by atoms with Crippen LogP contribution in [0.2, 0.25) is 0 Å². The average Bonchev–Trinajstić information content (AvgIpc) is 2.82. The number of hydrogen-bond donors (Lipinski definition) is 1. The molecule has 0 spiro atoms. The lowest BCUT2D eigenvalue weighted by molar-refractivity contribution is -0.120. The summed E-state index contributed by atoms with van der Waals surface area (Å²) in [6.07, 6.45) is 3.12. The number of anilines is 2. The maximum Gasteiger partial charge on any atom is 0.227 e. The summed E-state index contributed by atoms with van der Waals surface area (Å²) in [6.45, 7) is 3.57. The Labute approximate surface area is 182 Å². The smallest absolute Gasteiger partial charge is 0.227 e. The van der Waals surface area contributed by atoms with Crippen molar-refractivity contribution in [1.82, 2.24) is 4.98 Å². The minimum Gasteiger partial charge on any atom is -0.457 e. The molecule has 1 fully saturated rings. The Kier molecular flexibility index (Phi) is 6.13. The van der Waals surface area contributed by atoms with Gasteiger partial charge in [0.05, 0.1) is 5.56 Å². The van der Waals surface area contributed by atoms with E-state index in [-0.39, 0.29) is 11.8 Å². The number of rotatable bonds is 5. The molecule has 0 radical (unpaired) electrons. The fourth-order valence-electron chi connectivity index (χ4n) is 3.60. The van der Waals surface area contributed by atoms with Gasteiger partial charge in [0.1, 0.15) is 23.4 Å². The molecule has 2 aromatic carbocycles. The molecule has 0 aliphatic carbocycles. The van der Waals surface area contributed by atoms with E-state index in [1.54, 1.807) is 12.3 Å². The minimum absolute atomic E-state index is 0.0295. The number of nitrogens with one attached hydrogen (secondary N) is 1. The van der Waals surface area contributed by atoms with Crippen LogP contribution in [0.3, 0.4) is 0 Å². The Balaban J connectivity index is 1.28. The largest absolute Gasteiger partial charge is 0.457 e. The summed E-state index contributed by atoms with van der Waals surface area (Å²) in [4.78, 5) is 19.2. The van der Waals surface area contributed by atoms with Crippen LogP contribution in [0, 0.1) is 24.2 Å². The van der Waals surface area contributed by atoms with Gasteiger partial charge in [0.2, 0.25) is 5.91 Å². The van der Waals surface area contributed by atoms with Gasteiger partial charge >= 0.3 is 0 Å². The second-order valence-electron chi connectivity index (χ2n) is 7.71. The Morgan fingerprint density at radius 3 is 2.26 bits per heavy atom. The van der Waals surface area contributed by atoms with E-state index >= 15 is 0 Å². The summed E-state index contributed by atoms with van der Waals surface area (Å²) in [5.41, 5.74) is 2.50. The molecule has 1 aliphatic heterocycles. The molecule has 156 valence electrons. The molecule has 1 aromatic heterocycles. The van der Waals surface area contributed by atoms with Crippen molar-refractivity contribution in [1.29, 1.82) is 5.26 Å². The molecule has 1 amide bonds. The van der Waals surface area contributed by atoms with Gasteiger partial charge in [0.25, 0.3) is 0 Å². The average molecular weight is 412 g/mol. The molecule has 1 aliphatic rings. The lowest BCUT2D eigenvalue weighted by Crippen LogP contribution is -2.38. The van der Waals surface area contributed by atoms with E-state index in [0.717, 1.165) is 48.9 Å². The number of pyridine rings is 1. The SMILES string of the molecule is Cc1ccc(Oc2ccc(NC(=O)C3CCN(c4ccc(C#N)cn4)CC3)cc2)cc1. The third-order valence-corrected chi connectivity index (χ3v) is 5.45. The molecule has 0 bridgehead atoms. The predicted octanol–water partition coefficient (Wildman–Crippen LogP) is 4.91. The zero-order valence-electron chi connectivity index (χ0n) is 17.4. The molecular formula is C25H24N4O2. The van der Waals surface area contributed by atoms with Crippen molar-refractivity contribution in [2.45, 2.75) is 19.8 Å². The number of ether oxygens (including phenoxy) is 1. The number of piperidine rings is 1. The highest BCUT2D eigenvalue weighted by Gasteiger charge is 2.25. The highest BCUT2D eigenvalue weighted by Crippen LogP contribution is 2.26. The number of benzene rings is 2. The highest BCUT2D eigenvalue weighted by atomic mass is 16.5. The third kappa shape index (κ3) is 5.20. The molecule has 31 heavy (non-hydrogen) atoms. The molecule has 6 heteroatoms. The number of carbonyl (C=O) groups is 1. The number of nitrogens with zero attached hydrogens (tertiary/aromatic N) is 3. The Morgan fingerprint density at radius 2 is 1.68 bits per heavy atom. The zero-order chi connectivity index (χ0) is 21.6. The van der Waals surface area contributed by atoms with Crippen LogP contribution in [0.5, 0.6) is 11.5 Å². The third-order valence-electron chi connectivity index (χ3n) is 5.45. The van der Waals surface area contributed by atoms with E-state index in [4.69, 9.17) is 10.00 Å². The minimum atomic E-state index is -0.0295. The van der Waals surface area contributed by atoms with Crippen LogP contribution in [0.1, 0.15) is 24.0 Å². The lowest BCUT2D eigenvalue weighted by Gasteiger charge is -2.32. The maximum absolute atomic E-state index is 12.7. The van der Waals surface area contributed by atoms with Crippen molar-refractivity contribution in [3.05, 3.63) is 78.0 Å². The van der Waals surface area contributed by atoms with Crippen LogP contribution in [-0.2, 0) is 4.79 Å². The van der Waals surface area contributed by atoms with Gasteiger partial charge in [0.15, 0.2) is 0 Å². The summed E-state index contributed by atoms with van der Waals surface area (Å²) in [6, 6.07) is 21.0. The molecule has 0 atom stereocenters. The summed E-state index contributed by atoms with van der Waals surface area (Å²) in [5, 5.41) is 11.9. The Hall–Kier alpha value is -3.85. The molecule has 1 N–H and O–H groups in total. The fourth-order valence-corrected chi connectivity index (χ4v) is 3.60. The molecule has 1 saturated heterocycles. The molecular weight excluding hydrogens is 388 g/mol. The standard InChI is InChI=1S/C25H24N4O2/c1-18-2-7-22(8-3-18)31-23-9-5-21(6-10-23)28-25(30)20-12-14-29(15-13-20)24-11-4-19(16-26)17-27-24/h2-11,17,20H,12-15H2,1H3,(H,28,30). The van der Waals surface area contributed by atoms with Crippen molar-refractivity contribution in [2.24, 2.45) is 5.92 Å². The Bertz CT molecular complexity index is 1060. The predicted molar refractivity (Wildman–Crippen MR) is 120 cm³/mol. The van der Waals surface area contributed by atoms with Crippen LogP contribution < -0.4 is 15.0 Å². The molecule has 2 heterocycles. The van der Waals surface area contributed by atoms with Crippen molar-refractivity contribution in [2.75, 3.05) is 23.3 Å². The van der Waals surface area contributed by atoms with Crippen LogP contribution >= 0.6 is 0 Å². The van der Waals surface area contributed by atoms with Crippen molar-refractivity contribution < 1.29 is 9.53 Å². The fraction of sp³-hybridized carbons (Fsp3) is 0.240. The van der Waals surface area contributed by atoms with E-state index in [2.05, 4.69) is 21.3 Å². The normalized spacial score (nSPS) is 14.0. The topological polar surface area (TPSA) is 78.2 Å². The van der Waals surface area contributed by atoms with Gasteiger partial charge in [0, 0.05) is 30.9 Å². The number of hydrogen-bond acceptors (Lipinski definition) is 5. The van der Waals surface area contributed by atoms with Crippen molar-refractivity contribution in [3.63, 3.8) is 0 Å². The van der Waals surface area contributed by atoms with Crippen LogP contribution in [0.25, 0.3) is 0 Å². The molecule has 4 rings (SSSR count). The van der Waals surface area contributed by atoms with E-state index in [0.29, 0.717) is 5.56 Å². The van der Waals surface area contributed by atoms with E-state index in [1.807, 2.05) is 61.5 Å². The van der Waals surface area contributed by atoms with Gasteiger partial charge in [-0.05, 0) is 68.3 Å². The molecule has 6 nitrogen and oxygen atoms in total. The van der Waals surface area contributed by atoms with E-state index < -0.39 is 0 Å². The summed E-state index contributed by atoms with van der Waals surface area (Å²) < 4.78 is 5.84. The number of nitriles is 1. The lowest BCUT2D eigenvalue weighted by atomic mass is 9.95. The number of aryl methyl sites for hydroxylation is 1. The van der Waals surface area contributed by atoms with Gasteiger partial charge in [-0.25, -0.2) is 4.98 Å². The van der Waals surface area contributed by atoms with Crippen LogP contribution in [-0.4, -0.2) is 24.0 Å². The first-order valence-electron chi connectivity index (χ1n) is 10.4. The van der Waals surface area contributed by atoms with Gasteiger partial charge in [-0.3, -0.25) is 4.79 Å².